The van der Waals surface area contributed by atoms with Gasteiger partial charge in [-0.1, -0.05) is 25.1 Å². The Morgan fingerprint density at radius 3 is 3.05 bits per heavy atom. The minimum atomic E-state index is -0.211. The van der Waals surface area contributed by atoms with Crippen molar-refractivity contribution in [2.24, 2.45) is 0 Å². The van der Waals surface area contributed by atoms with Crippen molar-refractivity contribution in [2.75, 3.05) is 19.8 Å². The highest BCUT2D eigenvalue weighted by Gasteiger charge is 2.26. The van der Waals surface area contributed by atoms with Crippen LogP contribution in [0.2, 0.25) is 0 Å². The minimum Gasteiger partial charge on any atom is -0.379 e. The molecule has 0 spiro atoms. The molecule has 1 N–H and O–H groups in total. The number of hydrogen-bond acceptors (Lipinski definition) is 3. The van der Waals surface area contributed by atoms with E-state index in [4.69, 9.17) is 9.47 Å². The van der Waals surface area contributed by atoms with E-state index in [1.54, 1.807) is 12.1 Å². The molecule has 0 bridgehead atoms. The second kappa shape index (κ2) is 7.58. The summed E-state index contributed by atoms with van der Waals surface area (Å²) >= 11 is 0. The van der Waals surface area contributed by atoms with Crippen molar-refractivity contribution >= 4 is 0 Å². The summed E-state index contributed by atoms with van der Waals surface area (Å²) < 4.78 is 24.8. The molecule has 0 saturated carbocycles. The molecule has 4 heteroatoms. The van der Waals surface area contributed by atoms with Gasteiger partial charge in [0.2, 0.25) is 0 Å². The fourth-order valence-corrected chi connectivity index (χ4v) is 2.25. The van der Waals surface area contributed by atoms with E-state index in [1.807, 2.05) is 6.07 Å². The Morgan fingerprint density at radius 1 is 1.42 bits per heavy atom. The topological polar surface area (TPSA) is 30.5 Å². The largest absolute Gasteiger partial charge is 0.379 e. The van der Waals surface area contributed by atoms with Gasteiger partial charge in [-0.05, 0) is 25.5 Å². The van der Waals surface area contributed by atoms with Gasteiger partial charge in [0.1, 0.15) is 5.82 Å². The number of hydrogen-bond donors (Lipinski definition) is 1. The van der Waals surface area contributed by atoms with Crippen molar-refractivity contribution in [3.05, 3.63) is 35.6 Å². The molecule has 1 heterocycles. The molecule has 1 aromatic rings. The van der Waals surface area contributed by atoms with Crippen molar-refractivity contribution in [2.45, 2.75) is 38.5 Å². The van der Waals surface area contributed by atoms with Crippen molar-refractivity contribution < 1.29 is 13.9 Å². The fraction of sp³-hybridized carbons (Fsp3) is 0.600. The molecule has 3 nitrogen and oxygen atoms in total. The van der Waals surface area contributed by atoms with Crippen LogP contribution < -0.4 is 5.32 Å². The first kappa shape index (κ1) is 14.4. The van der Waals surface area contributed by atoms with Crippen LogP contribution in [0.1, 0.15) is 25.3 Å². The first-order valence-corrected chi connectivity index (χ1v) is 6.97. The first-order valence-electron chi connectivity index (χ1n) is 6.97. The predicted octanol–water partition coefficient (Wildman–Crippen LogP) is 2.50. The molecule has 2 unspecified atom stereocenters. The second-order valence-electron chi connectivity index (χ2n) is 4.87. The van der Waals surface area contributed by atoms with Gasteiger partial charge >= 0.3 is 0 Å². The molecule has 0 radical (unpaired) electrons. The summed E-state index contributed by atoms with van der Waals surface area (Å²) in [5.41, 5.74) is 0.599. The van der Waals surface area contributed by atoms with Crippen LogP contribution in [-0.2, 0) is 16.1 Å². The average molecular weight is 267 g/mol. The molecule has 106 valence electrons. The zero-order chi connectivity index (χ0) is 13.5. The van der Waals surface area contributed by atoms with E-state index in [0.717, 1.165) is 26.0 Å². The molecule has 19 heavy (non-hydrogen) atoms. The van der Waals surface area contributed by atoms with E-state index < -0.39 is 0 Å². The van der Waals surface area contributed by atoms with E-state index >= 15 is 0 Å². The van der Waals surface area contributed by atoms with Crippen LogP contribution in [0.5, 0.6) is 0 Å². The van der Waals surface area contributed by atoms with Crippen LogP contribution in [0.4, 0.5) is 4.39 Å². The quantitative estimate of drug-likeness (QED) is 0.859. The van der Waals surface area contributed by atoms with Gasteiger partial charge in [0.25, 0.3) is 0 Å². The number of halogens is 1. The SMILES string of the molecule is CCCNC1CCOCC1OCc1ccccc1F. The first-order chi connectivity index (χ1) is 9.31. The predicted molar refractivity (Wildman–Crippen MR) is 72.5 cm³/mol. The van der Waals surface area contributed by atoms with Gasteiger partial charge in [0.05, 0.1) is 19.3 Å². The van der Waals surface area contributed by atoms with Crippen molar-refractivity contribution in [1.82, 2.24) is 5.32 Å². The van der Waals surface area contributed by atoms with Crippen molar-refractivity contribution in [3.63, 3.8) is 0 Å². The number of nitrogens with one attached hydrogen (secondary N) is 1. The van der Waals surface area contributed by atoms with E-state index in [2.05, 4.69) is 12.2 Å². The lowest BCUT2D eigenvalue weighted by Gasteiger charge is -2.32. The maximum absolute atomic E-state index is 13.5. The standard InChI is InChI=1S/C15H22FNO2/c1-2-8-17-14-7-9-18-11-15(14)19-10-12-5-3-4-6-13(12)16/h3-6,14-15,17H,2,7-11H2,1H3. The number of benzene rings is 1. The number of ether oxygens (including phenoxy) is 2. The summed E-state index contributed by atoms with van der Waals surface area (Å²) in [5, 5.41) is 3.47. The van der Waals surface area contributed by atoms with E-state index in [-0.39, 0.29) is 11.9 Å². The Hall–Kier alpha value is -0.970. The molecule has 1 saturated heterocycles. The summed E-state index contributed by atoms with van der Waals surface area (Å²) in [7, 11) is 0. The normalized spacial score (nSPS) is 23.5. The summed E-state index contributed by atoms with van der Waals surface area (Å²) in [6, 6.07) is 7.04. The summed E-state index contributed by atoms with van der Waals surface area (Å²) in [6.45, 7) is 4.76. The van der Waals surface area contributed by atoms with Crippen LogP contribution in [-0.4, -0.2) is 31.9 Å². The highest BCUT2D eigenvalue weighted by Crippen LogP contribution is 2.15. The summed E-state index contributed by atoms with van der Waals surface area (Å²) in [4.78, 5) is 0. The third-order valence-corrected chi connectivity index (χ3v) is 3.37. The minimum absolute atomic E-state index is 0.0000869. The zero-order valence-corrected chi connectivity index (χ0v) is 11.4. The Balaban J connectivity index is 1.87. The maximum atomic E-state index is 13.5. The third-order valence-electron chi connectivity index (χ3n) is 3.37. The lowest BCUT2D eigenvalue weighted by atomic mass is 10.1. The smallest absolute Gasteiger partial charge is 0.128 e. The molecule has 2 atom stereocenters. The fourth-order valence-electron chi connectivity index (χ4n) is 2.25. The van der Waals surface area contributed by atoms with Gasteiger partial charge < -0.3 is 14.8 Å². The Morgan fingerprint density at radius 2 is 2.26 bits per heavy atom. The van der Waals surface area contributed by atoms with Gasteiger partial charge in [-0.25, -0.2) is 4.39 Å². The van der Waals surface area contributed by atoms with Crippen LogP contribution >= 0.6 is 0 Å². The van der Waals surface area contributed by atoms with E-state index in [0.29, 0.717) is 24.8 Å². The lowest BCUT2D eigenvalue weighted by Crippen LogP contribution is -2.48. The van der Waals surface area contributed by atoms with Gasteiger partial charge in [0, 0.05) is 18.2 Å². The van der Waals surface area contributed by atoms with E-state index in [9.17, 15) is 4.39 Å². The molecule has 0 aromatic heterocycles. The second-order valence-corrected chi connectivity index (χ2v) is 4.87. The zero-order valence-electron chi connectivity index (χ0n) is 11.4. The molecule has 1 fully saturated rings. The summed E-state index contributed by atoms with van der Waals surface area (Å²) in [5.74, 6) is -0.211. The lowest BCUT2D eigenvalue weighted by molar-refractivity contribution is -0.0759. The number of rotatable bonds is 6. The third kappa shape index (κ3) is 4.27. The van der Waals surface area contributed by atoms with Crippen LogP contribution in [0, 0.1) is 5.82 Å². The monoisotopic (exact) mass is 267 g/mol. The molecule has 0 aliphatic carbocycles. The van der Waals surface area contributed by atoms with Crippen LogP contribution in [0.3, 0.4) is 0 Å². The van der Waals surface area contributed by atoms with Crippen molar-refractivity contribution in [3.8, 4) is 0 Å². The molecule has 1 aliphatic heterocycles. The summed E-state index contributed by atoms with van der Waals surface area (Å²) in [6.07, 6.45) is 2.04. The molecular weight excluding hydrogens is 245 g/mol. The van der Waals surface area contributed by atoms with Crippen LogP contribution in [0.15, 0.2) is 24.3 Å². The highest BCUT2D eigenvalue weighted by atomic mass is 19.1. The van der Waals surface area contributed by atoms with Gasteiger partial charge in [0.15, 0.2) is 0 Å². The van der Waals surface area contributed by atoms with Crippen LogP contribution in [0.25, 0.3) is 0 Å². The Labute approximate surface area is 114 Å². The molecule has 0 amide bonds. The van der Waals surface area contributed by atoms with Gasteiger partial charge in [-0.3, -0.25) is 0 Å². The van der Waals surface area contributed by atoms with Gasteiger partial charge in [-0.2, -0.15) is 0 Å². The average Bonchev–Trinajstić information content (AvgIpc) is 2.45. The van der Waals surface area contributed by atoms with Gasteiger partial charge in [-0.15, -0.1) is 0 Å². The molecule has 2 rings (SSSR count). The van der Waals surface area contributed by atoms with Crippen molar-refractivity contribution in [1.29, 1.82) is 0 Å². The Kier molecular flexibility index (Phi) is 5.76. The molecular formula is C15H22FNO2. The maximum Gasteiger partial charge on any atom is 0.128 e. The molecule has 1 aromatic carbocycles. The highest BCUT2D eigenvalue weighted by molar-refractivity contribution is 5.16. The Bertz CT molecular complexity index is 386. The van der Waals surface area contributed by atoms with E-state index in [1.165, 1.54) is 6.07 Å². The molecule has 1 aliphatic rings.